The van der Waals surface area contributed by atoms with Crippen LogP contribution in [0.1, 0.15) is 28.5 Å². The van der Waals surface area contributed by atoms with Crippen LogP contribution in [0.3, 0.4) is 0 Å². The molecule has 2 aromatic rings. The van der Waals surface area contributed by atoms with Crippen LogP contribution in [0.2, 0.25) is 0 Å². The van der Waals surface area contributed by atoms with Gasteiger partial charge >= 0.3 is 5.97 Å². The molecule has 0 saturated heterocycles. The van der Waals surface area contributed by atoms with Crippen molar-refractivity contribution in [1.82, 2.24) is 9.78 Å². The van der Waals surface area contributed by atoms with Gasteiger partial charge in [-0.25, -0.2) is 13.9 Å². The Bertz CT molecular complexity index is 738. The van der Waals surface area contributed by atoms with Crippen LogP contribution in [0.15, 0.2) is 29.2 Å². The molecule has 0 fully saturated rings. The van der Waals surface area contributed by atoms with Crippen LogP contribution in [0.25, 0.3) is 5.69 Å². The summed E-state index contributed by atoms with van der Waals surface area (Å²) in [6, 6.07) is 4.41. The predicted octanol–water partition coefficient (Wildman–Crippen LogP) is 1.94. The number of hydrogen-bond acceptors (Lipinski definition) is 3. The minimum absolute atomic E-state index is 0.113. The summed E-state index contributed by atoms with van der Waals surface area (Å²) >= 11 is 0. The highest BCUT2D eigenvalue weighted by atomic mass is 19.1. The summed E-state index contributed by atoms with van der Waals surface area (Å²) in [6.07, 6.45) is 1.71. The number of aromatic nitrogens is 2. The van der Waals surface area contributed by atoms with Crippen molar-refractivity contribution in [3.05, 3.63) is 57.3 Å². The Morgan fingerprint density at radius 1 is 1.45 bits per heavy atom. The molecule has 0 unspecified atom stereocenters. The first-order chi connectivity index (χ1) is 9.43. The number of benzene rings is 1. The first kappa shape index (κ1) is 13.9. The summed E-state index contributed by atoms with van der Waals surface area (Å²) in [6.45, 7) is 3.50. The SMILES string of the molecule is CCc1cn(-c2cc(C)ccc2F)nc(C(=O)O)c1=O. The number of carboxylic acid groups (broad SMARTS) is 1. The lowest BCUT2D eigenvalue weighted by Gasteiger charge is -2.10. The average molecular weight is 276 g/mol. The lowest BCUT2D eigenvalue weighted by molar-refractivity contribution is 0.0686. The molecule has 0 saturated carbocycles. The molecule has 2 rings (SSSR count). The van der Waals surface area contributed by atoms with E-state index in [0.29, 0.717) is 6.42 Å². The van der Waals surface area contributed by atoms with E-state index in [9.17, 15) is 14.0 Å². The van der Waals surface area contributed by atoms with Crippen molar-refractivity contribution >= 4 is 5.97 Å². The second kappa shape index (κ2) is 5.24. The van der Waals surface area contributed by atoms with Crippen LogP contribution in [0.4, 0.5) is 4.39 Å². The number of nitrogens with zero attached hydrogens (tertiary/aromatic N) is 2. The van der Waals surface area contributed by atoms with E-state index in [4.69, 9.17) is 5.11 Å². The van der Waals surface area contributed by atoms with Gasteiger partial charge in [0, 0.05) is 11.8 Å². The smallest absolute Gasteiger partial charge is 0.360 e. The van der Waals surface area contributed by atoms with Crippen molar-refractivity contribution in [1.29, 1.82) is 0 Å². The van der Waals surface area contributed by atoms with Crippen molar-refractivity contribution in [2.24, 2.45) is 0 Å². The Labute approximate surface area is 114 Å². The Balaban J connectivity index is 2.75. The Hall–Kier alpha value is -2.50. The molecule has 1 heterocycles. The van der Waals surface area contributed by atoms with E-state index >= 15 is 0 Å². The largest absolute Gasteiger partial charge is 0.476 e. The van der Waals surface area contributed by atoms with E-state index in [1.54, 1.807) is 19.9 Å². The normalized spacial score (nSPS) is 10.6. The lowest BCUT2D eigenvalue weighted by Crippen LogP contribution is -2.24. The molecular formula is C14H13FN2O3. The summed E-state index contributed by atoms with van der Waals surface area (Å²) in [7, 11) is 0. The zero-order chi connectivity index (χ0) is 14.9. The number of aromatic carboxylic acids is 1. The molecule has 6 heteroatoms. The van der Waals surface area contributed by atoms with Crippen molar-refractivity contribution in [3.63, 3.8) is 0 Å². The van der Waals surface area contributed by atoms with Gasteiger partial charge in [0.2, 0.25) is 11.1 Å². The molecule has 0 aliphatic carbocycles. The van der Waals surface area contributed by atoms with Crippen LogP contribution in [0.5, 0.6) is 0 Å². The fraction of sp³-hybridized carbons (Fsp3) is 0.214. The summed E-state index contributed by atoms with van der Waals surface area (Å²) in [5.41, 5.74) is -0.0492. The second-order valence-corrected chi connectivity index (χ2v) is 4.39. The van der Waals surface area contributed by atoms with Crippen LogP contribution in [-0.4, -0.2) is 20.9 Å². The summed E-state index contributed by atoms with van der Waals surface area (Å²) in [4.78, 5) is 22.9. The summed E-state index contributed by atoms with van der Waals surface area (Å²) in [5, 5.41) is 12.7. The molecule has 0 aliphatic rings. The number of carboxylic acids is 1. The van der Waals surface area contributed by atoms with Gasteiger partial charge in [0.15, 0.2) is 0 Å². The van der Waals surface area contributed by atoms with Crippen LogP contribution >= 0.6 is 0 Å². The topological polar surface area (TPSA) is 72.2 Å². The zero-order valence-corrected chi connectivity index (χ0v) is 11.1. The molecule has 0 radical (unpaired) electrons. The second-order valence-electron chi connectivity index (χ2n) is 4.39. The lowest BCUT2D eigenvalue weighted by atomic mass is 10.2. The van der Waals surface area contributed by atoms with Crippen LogP contribution in [0, 0.1) is 12.7 Å². The molecule has 1 aromatic heterocycles. The number of carbonyl (C=O) groups is 1. The highest BCUT2D eigenvalue weighted by Gasteiger charge is 2.16. The highest BCUT2D eigenvalue weighted by molar-refractivity contribution is 5.85. The van der Waals surface area contributed by atoms with E-state index in [1.807, 2.05) is 0 Å². The molecule has 0 bridgehead atoms. The molecule has 0 atom stereocenters. The Morgan fingerprint density at radius 2 is 2.15 bits per heavy atom. The maximum absolute atomic E-state index is 13.8. The molecule has 104 valence electrons. The standard InChI is InChI=1S/C14H13FN2O3/c1-3-9-7-17(16-12(13(9)18)14(19)20)11-6-8(2)4-5-10(11)15/h4-7H,3H2,1-2H3,(H,19,20). The first-order valence-corrected chi connectivity index (χ1v) is 6.06. The molecule has 1 N–H and O–H groups in total. The van der Waals surface area contributed by atoms with Gasteiger partial charge in [-0.05, 0) is 31.0 Å². The molecule has 5 nitrogen and oxygen atoms in total. The molecule has 1 aromatic carbocycles. The van der Waals surface area contributed by atoms with Crippen molar-refractivity contribution in [2.45, 2.75) is 20.3 Å². The van der Waals surface area contributed by atoms with E-state index in [-0.39, 0.29) is 11.3 Å². The van der Waals surface area contributed by atoms with Crippen LogP contribution < -0.4 is 5.43 Å². The average Bonchev–Trinajstić information content (AvgIpc) is 2.41. The summed E-state index contributed by atoms with van der Waals surface area (Å²) in [5.74, 6) is -1.96. The first-order valence-electron chi connectivity index (χ1n) is 6.06. The van der Waals surface area contributed by atoms with Gasteiger partial charge in [-0.15, -0.1) is 0 Å². The Morgan fingerprint density at radius 3 is 2.75 bits per heavy atom. The zero-order valence-electron chi connectivity index (χ0n) is 11.1. The van der Waals surface area contributed by atoms with Gasteiger partial charge in [-0.3, -0.25) is 4.79 Å². The number of aryl methyl sites for hydroxylation is 2. The van der Waals surface area contributed by atoms with Gasteiger partial charge in [0.25, 0.3) is 0 Å². The number of halogens is 1. The monoisotopic (exact) mass is 276 g/mol. The van der Waals surface area contributed by atoms with E-state index in [0.717, 1.165) is 10.2 Å². The van der Waals surface area contributed by atoms with E-state index in [1.165, 1.54) is 18.3 Å². The Kier molecular flexibility index (Phi) is 3.65. The van der Waals surface area contributed by atoms with Gasteiger partial charge < -0.3 is 5.11 Å². The van der Waals surface area contributed by atoms with Gasteiger partial charge in [0.1, 0.15) is 11.5 Å². The molecule has 20 heavy (non-hydrogen) atoms. The molecular weight excluding hydrogens is 263 g/mol. The maximum atomic E-state index is 13.8. The third kappa shape index (κ3) is 2.45. The number of hydrogen-bond donors (Lipinski definition) is 1. The quantitative estimate of drug-likeness (QED) is 0.929. The van der Waals surface area contributed by atoms with E-state index in [2.05, 4.69) is 5.10 Å². The van der Waals surface area contributed by atoms with Crippen molar-refractivity contribution in [2.75, 3.05) is 0 Å². The van der Waals surface area contributed by atoms with E-state index < -0.39 is 22.9 Å². The fourth-order valence-electron chi connectivity index (χ4n) is 1.85. The van der Waals surface area contributed by atoms with Crippen molar-refractivity contribution < 1.29 is 14.3 Å². The predicted molar refractivity (Wildman–Crippen MR) is 70.9 cm³/mol. The maximum Gasteiger partial charge on any atom is 0.360 e. The van der Waals surface area contributed by atoms with Crippen LogP contribution in [-0.2, 0) is 6.42 Å². The number of rotatable bonds is 3. The highest BCUT2D eigenvalue weighted by Crippen LogP contribution is 2.14. The third-order valence-electron chi connectivity index (χ3n) is 2.92. The fourth-order valence-corrected chi connectivity index (χ4v) is 1.85. The minimum Gasteiger partial charge on any atom is -0.476 e. The van der Waals surface area contributed by atoms with Gasteiger partial charge in [-0.1, -0.05) is 13.0 Å². The molecule has 0 amide bonds. The summed E-state index contributed by atoms with van der Waals surface area (Å²) < 4.78 is 14.9. The molecule has 0 spiro atoms. The minimum atomic E-state index is -1.42. The van der Waals surface area contributed by atoms with Gasteiger partial charge in [0.05, 0.1) is 0 Å². The van der Waals surface area contributed by atoms with Gasteiger partial charge in [-0.2, -0.15) is 5.10 Å². The van der Waals surface area contributed by atoms with Crippen molar-refractivity contribution in [3.8, 4) is 5.69 Å². The molecule has 0 aliphatic heterocycles. The third-order valence-corrected chi connectivity index (χ3v) is 2.92.